The van der Waals surface area contributed by atoms with Crippen molar-refractivity contribution in [1.29, 1.82) is 0 Å². The Labute approximate surface area is 140 Å². The Kier molecular flexibility index (Phi) is 4.06. The number of benzene rings is 1. The molecule has 0 saturated carbocycles. The monoisotopic (exact) mass is 341 g/mol. The SMILES string of the molecule is CCc1c[nH]c2ncc(-c3ccc(C(N)=O)c(P(C)(C)=O)c3)cc12. The third-order valence-corrected chi connectivity index (χ3v) is 5.70. The number of hydrogen-bond donors (Lipinski definition) is 2. The van der Waals surface area contributed by atoms with Crippen molar-refractivity contribution in [1.82, 2.24) is 9.97 Å². The predicted octanol–water partition coefficient (Wildman–Crippen LogP) is 3.14. The van der Waals surface area contributed by atoms with Gasteiger partial charge in [-0.05, 0) is 49.1 Å². The van der Waals surface area contributed by atoms with E-state index in [0.29, 0.717) is 10.9 Å². The molecule has 0 atom stereocenters. The van der Waals surface area contributed by atoms with Crippen LogP contribution in [0.15, 0.2) is 36.7 Å². The van der Waals surface area contributed by atoms with E-state index in [9.17, 15) is 9.36 Å². The average Bonchev–Trinajstić information content (AvgIpc) is 2.95. The van der Waals surface area contributed by atoms with Crippen molar-refractivity contribution in [2.75, 3.05) is 13.3 Å². The smallest absolute Gasteiger partial charge is 0.249 e. The lowest BCUT2D eigenvalue weighted by Crippen LogP contribution is -2.21. The van der Waals surface area contributed by atoms with Crippen molar-refractivity contribution in [3.8, 4) is 11.1 Å². The lowest BCUT2D eigenvalue weighted by atomic mass is 10.0. The summed E-state index contributed by atoms with van der Waals surface area (Å²) < 4.78 is 12.6. The number of carbonyl (C=O) groups excluding carboxylic acids is 1. The topological polar surface area (TPSA) is 88.8 Å². The Hall–Kier alpha value is -2.39. The summed E-state index contributed by atoms with van der Waals surface area (Å²) in [5.41, 5.74) is 9.58. The highest BCUT2D eigenvalue weighted by Crippen LogP contribution is 2.37. The zero-order valence-corrected chi connectivity index (χ0v) is 14.9. The van der Waals surface area contributed by atoms with E-state index in [1.807, 2.05) is 12.3 Å². The van der Waals surface area contributed by atoms with Crippen LogP contribution in [0, 0.1) is 0 Å². The van der Waals surface area contributed by atoms with Gasteiger partial charge in [0.2, 0.25) is 5.91 Å². The van der Waals surface area contributed by atoms with Gasteiger partial charge in [0.25, 0.3) is 0 Å². The second-order valence-corrected chi connectivity index (χ2v) is 9.42. The van der Waals surface area contributed by atoms with E-state index in [-0.39, 0.29) is 0 Å². The molecule has 0 aliphatic heterocycles. The van der Waals surface area contributed by atoms with E-state index in [1.165, 1.54) is 5.56 Å². The summed E-state index contributed by atoms with van der Waals surface area (Å²) in [5.74, 6) is -0.562. The summed E-state index contributed by atoms with van der Waals surface area (Å²) in [5, 5.41) is 1.59. The average molecular weight is 341 g/mol. The first-order chi connectivity index (χ1) is 11.3. The van der Waals surface area contributed by atoms with E-state index < -0.39 is 13.0 Å². The van der Waals surface area contributed by atoms with Crippen LogP contribution < -0.4 is 11.0 Å². The minimum absolute atomic E-state index is 0.317. The first kappa shape index (κ1) is 16.5. The quantitative estimate of drug-likeness (QED) is 0.715. The summed E-state index contributed by atoms with van der Waals surface area (Å²) in [7, 11) is -2.64. The third kappa shape index (κ3) is 2.87. The van der Waals surface area contributed by atoms with Gasteiger partial charge in [0.15, 0.2) is 0 Å². The first-order valence-corrected chi connectivity index (χ1v) is 10.4. The lowest BCUT2D eigenvalue weighted by Gasteiger charge is -2.13. The fraction of sp³-hybridized carbons (Fsp3) is 0.222. The fourth-order valence-corrected chi connectivity index (χ4v) is 4.09. The van der Waals surface area contributed by atoms with Crippen LogP contribution in [0.25, 0.3) is 22.2 Å². The maximum atomic E-state index is 12.6. The van der Waals surface area contributed by atoms with Gasteiger partial charge in [-0.2, -0.15) is 0 Å². The molecule has 6 heteroatoms. The Morgan fingerprint density at radius 3 is 2.62 bits per heavy atom. The number of pyridine rings is 1. The highest BCUT2D eigenvalue weighted by Gasteiger charge is 2.20. The summed E-state index contributed by atoms with van der Waals surface area (Å²) >= 11 is 0. The molecule has 1 aromatic carbocycles. The molecule has 0 spiro atoms. The van der Waals surface area contributed by atoms with Crippen LogP contribution in [0.5, 0.6) is 0 Å². The Bertz CT molecular complexity index is 985. The zero-order chi connectivity index (χ0) is 17.5. The van der Waals surface area contributed by atoms with Crippen molar-refractivity contribution in [3.05, 3.63) is 47.8 Å². The lowest BCUT2D eigenvalue weighted by molar-refractivity contribution is 0.100. The number of aromatic nitrogens is 2. The molecule has 0 radical (unpaired) electrons. The van der Waals surface area contributed by atoms with Gasteiger partial charge in [-0.15, -0.1) is 0 Å². The van der Waals surface area contributed by atoms with Crippen molar-refractivity contribution < 1.29 is 9.36 Å². The van der Waals surface area contributed by atoms with Gasteiger partial charge in [0.1, 0.15) is 12.8 Å². The molecule has 0 aliphatic carbocycles. The number of nitrogens with one attached hydrogen (secondary N) is 1. The van der Waals surface area contributed by atoms with E-state index >= 15 is 0 Å². The first-order valence-electron chi connectivity index (χ1n) is 7.77. The number of aromatic amines is 1. The summed E-state index contributed by atoms with van der Waals surface area (Å²) in [6, 6.07) is 7.33. The molecule has 0 saturated heterocycles. The van der Waals surface area contributed by atoms with Crippen LogP contribution in [0.4, 0.5) is 0 Å². The minimum Gasteiger partial charge on any atom is -0.366 e. The number of primary amides is 1. The summed E-state index contributed by atoms with van der Waals surface area (Å²) in [6.07, 6.45) is 4.66. The largest absolute Gasteiger partial charge is 0.366 e. The highest BCUT2D eigenvalue weighted by molar-refractivity contribution is 7.70. The van der Waals surface area contributed by atoms with Crippen molar-refractivity contribution in [2.45, 2.75) is 13.3 Å². The third-order valence-electron chi connectivity index (χ3n) is 4.17. The number of rotatable bonds is 4. The normalized spacial score (nSPS) is 11.8. The molecule has 0 fully saturated rings. The molecule has 3 aromatic rings. The number of amides is 1. The number of H-pyrrole nitrogens is 1. The van der Waals surface area contributed by atoms with Crippen LogP contribution in [-0.4, -0.2) is 29.2 Å². The second-order valence-electron chi connectivity index (χ2n) is 6.23. The van der Waals surface area contributed by atoms with Crippen molar-refractivity contribution in [2.24, 2.45) is 5.73 Å². The Balaban J connectivity index is 2.19. The fourth-order valence-electron chi connectivity index (χ4n) is 2.87. The molecule has 5 nitrogen and oxygen atoms in total. The molecular weight excluding hydrogens is 321 g/mol. The molecule has 24 heavy (non-hydrogen) atoms. The molecule has 2 aromatic heterocycles. The van der Waals surface area contributed by atoms with Gasteiger partial charge in [0, 0.05) is 34.2 Å². The van der Waals surface area contributed by atoms with Gasteiger partial charge >= 0.3 is 0 Å². The van der Waals surface area contributed by atoms with Gasteiger partial charge < -0.3 is 15.3 Å². The molecular formula is C18H20N3O2P. The van der Waals surface area contributed by atoms with Crippen LogP contribution in [-0.2, 0) is 11.0 Å². The second kappa shape index (κ2) is 5.91. The molecule has 0 bridgehead atoms. The van der Waals surface area contributed by atoms with Gasteiger partial charge in [-0.1, -0.05) is 13.0 Å². The molecule has 0 aliphatic rings. The number of nitrogens with two attached hydrogens (primary N) is 1. The summed E-state index contributed by atoms with van der Waals surface area (Å²) in [6.45, 7) is 5.38. The zero-order valence-electron chi connectivity index (χ0n) is 14.0. The summed E-state index contributed by atoms with van der Waals surface area (Å²) in [4.78, 5) is 19.2. The van der Waals surface area contributed by atoms with Crippen LogP contribution in [0.3, 0.4) is 0 Å². The predicted molar refractivity (Wildman–Crippen MR) is 98.5 cm³/mol. The molecule has 3 N–H and O–H groups in total. The number of hydrogen-bond acceptors (Lipinski definition) is 3. The molecule has 0 unspecified atom stereocenters. The van der Waals surface area contributed by atoms with Gasteiger partial charge in [0.05, 0.1) is 0 Å². The molecule has 1 amide bonds. The van der Waals surface area contributed by atoms with Crippen LogP contribution in [0.2, 0.25) is 0 Å². The van der Waals surface area contributed by atoms with Crippen LogP contribution >= 0.6 is 7.14 Å². The van der Waals surface area contributed by atoms with Crippen LogP contribution in [0.1, 0.15) is 22.8 Å². The molecule has 3 rings (SSSR count). The minimum atomic E-state index is -2.64. The van der Waals surface area contributed by atoms with E-state index in [0.717, 1.165) is 28.6 Å². The van der Waals surface area contributed by atoms with E-state index in [1.54, 1.807) is 31.7 Å². The highest BCUT2D eigenvalue weighted by atomic mass is 31.2. The molecule has 2 heterocycles. The maximum Gasteiger partial charge on any atom is 0.249 e. The Morgan fingerprint density at radius 1 is 1.25 bits per heavy atom. The number of aryl methyl sites for hydroxylation is 1. The van der Waals surface area contributed by atoms with Gasteiger partial charge in [-0.25, -0.2) is 4.98 Å². The standard InChI is InChI=1S/C18H20N3O2P/c1-4-11-9-20-18-15(11)7-13(10-21-18)12-5-6-14(17(19)22)16(8-12)24(2,3)23/h5-10H,4H2,1-3H3,(H2,19,22)(H,20,21). The molecule has 124 valence electrons. The number of carbonyl (C=O) groups is 1. The van der Waals surface area contributed by atoms with Crippen molar-refractivity contribution >= 4 is 29.4 Å². The Morgan fingerprint density at radius 2 is 2.00 bits per heavy atom. The number of nitrogens with zero attached hydrogens (tertiary/aromatic N) is 1. The maximum absolute atomic E-state index is 12.6. The van der Waals surface area contributed by atoms with E-state index in [4.69, 9.17) is 5.73 Å². The van der Waals surface area contributed by atoms with E-state index in [2.05, 4.69) is 23.0 Å². The number of fused-ring (bicyclic) bond motifs is 1. The van der Waals surface area contributed by atoms with Gasteiger partial charge in [-0.3, -0.25) is 4.79 Å². The van der Waals surface area contributed by atoms with Crippen molar-refractivity contribution in [3.63, 3.8) is 0 Å².